The molecule has 0 saturated heterocycles. The van der Waals surface area contributed by atoms with E-state index in [-0.39, 0.29) is 5.91 Å². The fraction of sp³-hybridized carbons (Fsp3) is 0.182. The van der Waals surface area contributed by atoms with Crippen molar-refractivity contribution in [2.75, 3.05) is 0 Å². The molecule has 0 fully saturated rings. The minimum Gasteiger partial charge on any atom is -0.347 e. The lowest BCUT2D eigenvalue weighted by Crippen LogP contribution is -2.23. The fourth-order valence-corrected chi connectivity index (χ4v) is 1.29. The Bertz CT molecular complexity index is 461. The molecular formula is C11H12N4O. The maximum atomic E-state index is 11.5. The Morgan fingerprint density at radius 2 is 2.12 bits per heavy atom. The zero-order valence-electron chi connectivity index (χ0n) is 8.90. The highest BCUT2D eigenvalue weighted by molar-refractivity contribution is 5.91. The van der Waals surface area contributed by atoms with Crippen LogP contribution in [0.3, 0.4) is 0 Å². The molecule has 0 aliphatic heterocycles. The van der Waals surface area contributed by atoms with Crippen molar-refractivity contribution in [1.82, 2.24) is 20.7 Å². The van der Waals surface area contributed by atoms with Gasteiger partial charge in [-0.2, -0.15) is 15.4 Å². The van der Waals surface area contributed by atoms with Crippen molar-refractivity contribution in [3.63, 3.8) is 0 Å². The van der Waals surface area contributed by atoms with Crippen LogP contribution < -0.4 is 5.32 Å². The van der Waals surface area contributed by atoms with Crippen LogP contribution in [-0.2, 0) is 6.54 Å². The summed E-state index contributed by atoms with van der Waals surface area (Å²) in [6.45, 7) is 2.52. The molecular weight excluding hydrogens is 204 g/mol. The first-order valence-electron chi connectivity index (χ1n) is 4.95. The van der Waals surface area contributed by atoms with Gasteiger partial charge in [-0.25, -0.2) is 0 Å². The molecule has 2 aromatic rings. The average Bonchev–Trinajstić information content (AvgIpc) is 2.81. The van der Waals surface area contributed by atoms with Gasteiger partial charge in [0.1, 0.15) is 0 Å². The molecule has 82 valence electrons. The number of amides is 1. The number of aromatic amines is 1. The Morgan fingerprint density at radius 3 is 2.75 bits per heavy atom. The van der Waals surface area contributed by atoms with Crippen LogP contribution >= 0.6 is 0 Å². The van der Waals surface area contributed by atoms with E-state index in [1.54, 1.807) is 0 Å². The first-order chi connectivity index (χ1) is 7.75. The summed E-state index contributed by atoms with van der Waals surface area (Å²) in [7, 11) is 0. The van der Waals surface area contributed by atoms with Crippen molar-refractivity contribution >= 4 is 5.91 Å². The Balaban J connectivity index is 1.93. The predicted octanol–water partition coefficient (Wildman–Crippen LogP) is 1.04. The third-order valence-corrected chi connectivity index (χ3v) is 2.22. The maximum Gasteiger partial charge on any atom is 0.273 e. The third kappa shape index (κ3) is 2.44. The van der Waals surface area contributed by atoms with E-state index >= 15 is 0 Å². The second-order valence-corrected chi connectivity index (χ2v) is 3.52. The lowest BCUT2D eigenvalue weighted by molar-refractivity contribution is 0.0946. The van der Waals surface area contributed by atoms with Crippen LogP contribution in [0.2, 0.25) is 0 Å². The summed E-state index contributed by atoms with van der Waals surface area (Å²) in [4.78, 5) is 11.5. The molecule has 5 heteroatoms. The largest absolute Gasteiger partial charge is 0.347 e. The molecule has 0 unspecified atom stereocenters. The highest BCUT2D eigenvalue weighted by atomic mass is 16.1. The molecule has 0 aliphatic carbocycles. The summed E-state index contributed by atoms with van der Waals surface area (Å²) in [5, 5.41) is 12.4. The van der Waals surface area contributed by atoms with E-state index in [1.807, 2.05) is 31.2 Å². The molecule has 0 atom stereocenters. The van der Waals surface area contributed by atoms with Crippen molar-refractivity contribution in [2.24, 2.45) is 0 Å². The first kappa shape index (κ1) is 10.4. The lowest BCUT2D eigenvalue weighted by atomic mass is 10.1. The Labute approximate surface area is 92.9 Å². The van der Waals surface area contributed by atoms with E-state index in [9.17, 15) is 4.79 Å². The van der Waals surface area contributed by atoms with Gasteiger partial charge in [-0.1, -0.05) is 29.8 Å². The Morgan fingerprint density at radius 1 is 1.38 bits per heavy atom. The van der Waals surface area contributed by atoms with Crippen molar-refractivity contribution in [2.45, 2.75) is 13.5 Å². The van der Waals surface area contributed by atoms with E-state index in [0.29, 0.717) is 12.2 Å². The fourth-order valence-electron chi connectivity index (χ4n) is 1.29. The zero-order chi connectivity index (χ0) is 11.4. The summed E-state index contributed by atoms with van der Waals surface area (Å²) in [6.07, 6.45) is 1.39. The molecule has 1 aromatic heterocycles. The van der Waals surface area contributed by atoms with Gasteiger partial charge in [0.15, 0.2) is 5.69 Å². The van der Waals surface area contributed by atoms with Crippen molar-refractivity contribution < 1.29 is 4.79 Å². The molecule has 1 heterocycles. The maximum absolute atomic E-state index is 11.5. The second kappa shape index (κ2) is 4.57. The standard InChI is InChI=1S/C11H12N4O/c1-8-2-4-9(5-3-8)6-12-11(16)10-7-13-15-14-10/h2-5,7H,6H2,1H3,(H,12,16)(H,13,14,15). The van der Waals surface area contributed by atoms with Crippen molar-refractivity contribution in [1.29, 1.82) is 0 Å². The molecule has 2 N–H and O–H groups in total. The number of hydrogen-bond acceptors (Lipinski definition) is 3. The Hall–Kier alpha value is -2.17. The van der Waals surface area contributed by atoms with Crippen LogP contribution in [-0.4, -0.2) is 21.3 Å². The van der Waals surface area contributed by atoms with Crippen LogP contribution in [0.1, 0.15) is 21.6 Å². The smallest absolute Gasteiger partial charge is 0.273 e. The normalized spacial score (nSPS) is 10.1. The predicted molar refractivity (Wildman–Crippen MR) is 58.7 cm³/mol. The minimum absolute atomic E-state index is 0.227. The van der Waals surface area contributed by atoms with Gasteiger partial charge < -0.3 is 5.32 Å². The lowest BCUT2D eigenvalue weighted by Gasteiger charge is -2.03. The number of H-pyrrole nitrogens is 1. The van der Waals surface area contributed by atoms with Crippen LogP contribution in [0.4, 0.5) is 0 Å². The second-order valence-electron chi connectivity index (χ2n) is 3.52. The number of benzene rings is 1. The molecule has 1 amide bonds. The average molecular weight is 216 g/mol. The van der Waals surface area contributed by atoms with Gasteiger partial charge in [0.05, 0.1) is 6.20 Å². The van der Waals surface area contributed by atoms with E-state index < -0.39 is 0 Å². The highest BCUT2D eigenvalue weighted by Gasteiger charge is 2.07. The molecule has 0 saturated carbocycles. The van der Waals surface area contributed by atoms with Gasteiger partial charge in [-0.05, 0) is 12.5 Å². The van der Waals surface area contributed by atoms with E-state index in [1.165, 1.54) is 11.8 Å². The van der Waals surface area contributed by atoms with Gasteiger partial charge in [-0.15, -0.1) is 0 Å². The summed E-state index contributed by atoms with van der Waals surface area (Å²) in [5.74, 6) is -0.227. The number of nitrogens with one attached hydrogen (secondary N) is 2. The molecule has 0 radical (unpaired) electrons. The molecule has 0 aliphatic rings. The number of aryl methyl sites for hydroxylation is 1. The highest BCUT2D eigenvalue weighted by Crippen LogP contribution is 2.02. The number of nitrogens with zero attached hydrogens (tertiary/aromatic N) is 2. The molecule has 2 rings (SSSR count). The van der Waals surface area contributed by atoms with Crippen molar-refractivity contribution in [3.05, 3.63) is 47.3 Å². The number of carbonyl (C=O) groups excluding carboxylic acids is 1. The third-order valence-electron chi connectivity index (χ3n) is 2.22. The summed E-state index contributed by atoms with van der Waals surface area (Å²) >= 11 is 0. The van der Waals surface area contributed by atoms with Crippen molar-refractivity contribution in [3.8, 4) is 0 Å². The van der Waals surface area contributed by atoms with Crippen LogP contribution in [0.5, 0.6) is 0 Å². The van der Waals surface area contributed by atoms with Gasteiger partial charge >= 0.3 is 0 Å². The van der Waals surface area contributed by atoms with Gasteiger partial charge in [0.25, 0.3) is 5.91 Å². The van der Waals surface area contributed by atoms with Crippen LogP contribution in [0.25, 0.3) is 0 Å². The number of aromatic nitrogens is 3. The number of hydrogen-bond donors (Lipinski definition) is 2. The van der Waals surface area contributed by atoms with Gasteiger partial charge in [0.2, 0.25) is 0 Å². The monoisotopic (exact) mass is 216 g/mol. The first-order valence-corrected chi connectivity index (χ1v) is 4.95. The topological polar surface area (TPSA) is 70.7 Å². The molecule has 16 heavy (non-hydrogen) atoms. The molecule has 1 aromatic carbocycles. The SMILES string of the molecule is Cc1ccc(CNC(=O)c2cn[nH]n2)cc1. The Kier molecular flexibility index (Phi) is 2.95. The van der Waals surface area contributed by atoms with E-state index in [4.69, 9.17) is 0 Å². The summed E-state index contributed by atoms with van der Waals surface area (Å²) in [5.41, 5.74) is 2.56. The number of carbonyl (C=O) groups is 1. The quantitative estimate of drug-likeness (QED) is 0.805. The van der Waals surface area contributed by atoms with E-state index in [2.05, 4.69) is 20.7 Å². The summed E-state index contributed by atoms with van der Waals surface area (Å²) in [6, 6.07) is 7.99. The summed E-state index contributed by atoms with van der Waals surface area (Å²) < 4.78 is 0. The van der Waals surface area contributed by atoms with Crippen LogP contribution in [0, 0.1) is 6.92 Å². The van der Waals surface area contributed by atoms with Crippen LogP contribution in [0.15, 0.2) is 30.5 Å². The van der Waals surface area contributed by atoms with E-state index in [0.717, 1.165) is 5.56 Å². The molecule has 0 spiro atoms. The molecule has 0 bridgehead atoms. The molecule has 5 nitrogen and oxygen atoms in total. The van der Waals surface area contributed by atoms with Gasteiger partial charge in [0, 0.05) is 6.54 Å². The minimum atomic E-state index is -0.227. The number of rotatable bonds is 3. The zero-order valence-corrected chi connectivity index (χ0v) is 8.90. The van der Waals surface area contributed by atoms with Gasteiger partial charge in [-0.3, -0.25) is 4.79 Å².